The first-order valence-electron chi connectivity index (χ1n) is 7.94. The molecule has 2 aromatic rings. The number of rotatable bonds is 7. The van der Waals surface area contributed by atoms with Crippen LogP contribution in [0.25, 0.3) is 5.65 Å². The molecule has 0 aliphatic rings. The van der Waals surface area contributed by atoms with Crippen LogP contribution in [0.15, 0.2) is 29.4 Å². The third-order valence-corrected chi connectivity index (χ3v) is 3.52. The monoisotopic (exact) mass is 302 g/mol. The van der Waals surface area contributed by atoms with Crippen molar-refractivity contribution in [1.29, 1.82) is 0 Å². The molecule has 0 saturated carbocycles. The Morgan fingerprint density at radius 1 is 1.23 bits per heavy atom. The van der Waals surface area contributed by atoms with Crippen LogP contribution in [-0.4, -0.2) is 34.2 Å². The first-order chi connectivity index (χ1) is 10.7. The lowest BCUT2D eigenvalue weighted by Crippen LogP contribution is -2.37. The Labute approximate surface area is 132 Å². The van der Waals surface area contributed by atoms with Crippen LogP contribution in [0.2, 0.25) is 0 Å². The van der Waals surface area contributed by atoms with Gasteiger partial charge in [-0.2, -0.15) is 0 Å². The maximum absolute atomic E-state index is 4.24. The van der Waals surface area contributed by atoms with Gasteiger partial charge in [-0.25, -0.2) is 0 Å². The van der Waals surface area contributed by atoms with Gasteiger partial charge in [-0.05, 0) is 24.5 Å². The molecule has 0 radical (unpaired) electrons. The number of aromatic nitrogens is 3. The minimum atomic E-state index is 0.594. The van der Waals surface area contributed by atoms with Crippen LogP contribution in [0.5, 0.6) is 0 Å². The number of guanidine groups is 1. The second kappa shape index (κ2) is 8.36. The van der Waals surface area contributed by atoms with Gasteiger partial charge in [-0.1, -0.05) is 32.8 Å². The summed E-state index contributed by atoms with van der Waals surface area (Å²) in [7, 11) is 1.78. The third kappa shape index (κ3) is 4.72. The highest BCUT2D eigenvalue weighted by Crippen LogP contribution is 2.05. The first kappa shape index (κ1) is 16.3. The number of nitrogens with zero attached hydrogens (tertiary/aromatic N) is 4. The van der Waals surface area contributed by atoms with Crippen LogP contribution in [0, 0.1) is 5.92 Å². The molecule has 0 saturated heterocycles. The van der Waals surface area contributed by atoms with Gasteiger partial charge in [0, 0.05) is 19.8 Å². The molecule has 0 aliphatic heterocycles. The Hall–Kier alpha value is -2.11. The molecule has 2 heterocycles. The van der Waals surface area contributed by atoms with E-state index in [2.05, 4.69) is 39.7 Å². The summed E-state index contributed by atoms with van der Waals surface area (Å²) in [6.45, 7) is 6.05. The van der Waals surface area contributed by atoms with Gasteiger partial charge in [-0.15, -0.1) is 10.2 Å². The summed E-state index contributed by atoms with van der Waals surface area (Å²) in [5, 5.41) is 15.0. The molecule has 22 heavy (non-hydrogen) atoms. The average Bonchev–Trinajstić information content (AvgIpc) is 2.93. The summed E-state index contributed by atoms with van der Waals surface area (Å²) in [5.41, 5.74) is 0.857. The molecule has 0 fully saturated rings. The van der Waals surface area contributed by atoms with Gasteiger partial charge < -0.3 is 10.6 Å². The van der Waals surface area contributed by atoms with Crippen molar-refractivity contribution in [3.05, 3.63) is 30.2 Å². The van der Waals surface area contributed by atoms with Gasteiger partial charge in [0.2, 0.25) is 0 Å². The zero-order valence-electron chi connectivity index (χ0n) is 13.7. The molecular weight excluding hydrogens is 276 g/mol. The predicted octanol–water partition coefficient (Wildman–Crippen LogP) is 2.22. The highest BCUT2D eigenvalue weighted by Gasteiger charge is 2.05. The molecule has 120 valence electrons. The number of hydrogen-bond acceptors (Lipinski definition) is 3. The van der Waals surface area contributed by atoms with E-state index in [1.807, 2.05) is 28.8 Å². The fourth-order valence-electron chi connectivity index (χ4n) is 2.28. The second-order valence-corrected chi connectivity index (χ2v) is 5.79. The number of fused-ring (bicyclic) bond motifs is 1. The zero-order valence-corrected chi connectivity index (χ0v) is 13.7. The van der Waals surface area contributed by atoms with E-state index in [1.165, 1.54) is 12.8 Å². The lowest BCUT2D eigenvalue weighted by atomic mass is 10.1. The topological polar surface area (TPSA) is 66.6 Å². The lowest BCUT2D eigenvalue weighted by Gasteiger charge is -2.11. The maximum atomic E-state index is 4.24. The molecule has 2 N–H and O–H groups in total. The molecule has 0 bridgehead atoms. The number of unbranched alkanes of at least 4 members (excludes halogenated alkanes) is 1. The smallest absolute Gasteiger partial charge is 0.191 e. The summed E-state index contributed by atoms with van der Waals surface area (Å²) < 4.78 is 1.98. The van der Waals surface area contributed by atoms with Gasteiger partial charge in [0.05, 0.1) is 6.54 Å². The van der Waals surface area contributed by atoms with Crippen molar-refractivity contribution in [2.24, 2.45) is 10.9 Å². The van der Waals surface area contributed by atoms with Gasteiger partial charge in [0.15, 0.2) is 17.4 Å². The first-order valence-corrected chi connectivity index (χ1v) is 7.94. The standard InChI is InChI=1S/C16H26N6/c1-13(2)8-4-6-10-18-16(17-3)19-12-15-21-20-14-9-5-7-11-22(14)15/h5,7,9,11,13H,4,6,8,10,12H2,1-3H3,(H2,17,18,19). The minimum absolute atomic E-state index is 0.594. The van der Waals surface area contributed by atoms with Gasteiger partial charge in [0.1, 0.15) is 0 Å². The van der Waals surface area contributed by atoms with Crippen LogP contribution in [-0.2, 0) is 6.54 Å². The highest BCUT2D eigenvalue weighted by atomic mass is 15.3. The van der Waals surface area contributed by atoms with Crippen molar-refractivity contribution in [3.8, 4) is 0 Å². The fourth-order valence-corrected chi connectivity index (χ4v) is 2.28. The van der Waals surface area contributed by atoms with E-state index in [1.54, 1.807) is 7.05 Å². The van der Waals surface area contributed by atoms with E-state index in [9.17, 15) is 0 Å². The molecular formula is C16H26N6. The minimum Gasteiger partial charge on any atom is -0.356 e. The number of aliphatic imine (C=N–C) groups is 1. The summed E-state index contributed by atoms with van der Waals surface area (Å²) >= 11 is 0. The third-order valence-electron chi connectivity index (χ3n) is 3.52. The summed E-state index contributed by atoms with van der Waals surface area (Å²) in [5.74, 6) is 2.45. The summed E-state index contributed by atoms with van der Waals surface area (Å²) in [6.07, 6.45) is 5.65. The van der Waals surface area contributed by atoms with E-state index >= 15 is 0 Å². The molecule has 0 atom stereocenters. The largest absolute Gasteiger partial charge is 0.356 e. The van der Waals surface area contributed by atoms with Crippen molar-refractivity contribution in [3.63, 3.8) is 0 Å². The summed E-state index contributed by atoms with van der Waals surface area (Å²) in [6, 6.07) is 5.87. The molecule has 0 aromatic carbocycles. The van der Waals surface area contributed by atoms with Crippen molar-refractivity contribution in [2.75, 3.05) is 13.6 Å². The van der Waals surface area contributed by atoms with Crippen LogP contribution < -0.4 is 10.6 Å². The predicted molar refractivity (Wildman–Crippen MR) is 89.9 cm³/mol. The molecule has 2 aromatic heterocycles. The van der Waals surface area contributed by atoms with Crippen molar-refractivity contribution < 1.29 is 0 Å². The Kier molecular flexibility index (Phi) is 6.18. The Balaban J connectivity index is 1.77. The molecule has 6 heteroatoms. The SMILES string of the molecule is CN=C(NCCCCC(C)C)NCc1nnc2ccccn12. The zero-order chi connectivity index (χ0) is 15.8. The molecule has 0 amide bonds. The quantitative estimate of drug-likeness (QED) is 0.467. The van der Waals surface area contributed by atoms with Crippen molar-refractivity contribution >= 4 is 11.6 Å². The average molecular weight is 302 g/mol. The number of hydrogen-bond donors (Lipinski definition) is 2. The molecule has 2 rings (SSSR count). The maximum Gasteiger partial charge on any atom is 0.191 e. The van der Waals surface area contributed by atoms with Crippen molar-refractivity contribution in [1.82, 2.24) is 25.2 Å². The molecule has 0 aliphatic carbocycles. The van der Waals surface area contributed by atoms with Gasteiger partial charge >= 0.3 is 0 Å². The van der Waals surface area contributed by atoms with E-state index in [4.69, 9.17) is 0 Å². The molecule has 0 unspecified atom stereocenters. The Morgan fingerprint density at radius 3 is 2.86 bits per heavy atom. The van der Waals surface area contributed by atoms with Crippen LogP contribution >= 0.6 is 0 Å². The second-order valence-electron chi connectivity index (χ2n) is 5.79. The molecule has 6 nitrogen and oxygen atoms in total. The number of pyridine rings is 1. The van der Waals surface area contributed by atoms with E-state index in [0.29, 0.717) is 6.54 Å². The number of nitrogens with one attached hydrogen (secondary N) is 2. The molecule has 0 spiro atoms. The fraction of sp³-hybridized carbons (Fsp3) is 0.562. The Morgan fingerprint density at radius 2 is 2.09 bits per heavy atom. The van der Waals surface area contributed by atoms with Crippen LogP contribution in [0.1, 0.15) is 38.9 Å². The van der Waals surface area contributed by atoms with Crippen molar-refractivity contribution in [2.45, 2.75) is 39.7 Å². The van der Waals surface area contributed by atoms with Crippen LogP contribution in [0.3, 0.4) is 0 Å². The van der Waals surface area contributed by atoms with Crippen LogP contribution in [0.4, 0.5) is 0 Å². The highest BCUT2D eigenvalue weighted by molar-refractivity contribution is 5.79. The van der Waals surface area contributed by atoms with E-state index in [-0.39, 0.29) is 0 Å². The Bertz CT molecular complexity index is 601. The van der Waals surface area contributed by atoms with E-state index < -0.39 is 0 Å². The van der Waals surface area contributed by atoms with Gasteiger partial charge in [0.25, 0.3) is 0 Å². The normalized spacial score (nSPS) is 12.1. The van der Waals surface area contributed by atoms with E-state index in [0.717, 1.165) is 36.3 Å². The lowest BCUT2D eigenvalue weighted by molar-refractivity contribution is 0.534. The van der Waals surface area contributed by atoms with Gasteiger partial charge in [-0.3, -0.25) is 9.39 Å². The summed E-state index contributed by atoms with van der Waals surface area (Å²) in [4.78, 5) is 4.24.